The summed E-state index contributed by atoms with van der Waals surface area (Å²) >= 11 is 1.27. The summed E-state index contributed by atoms with van der Waals surface area (Å²) in [6, 6.07) is 5.40. The smallest absolute Gasteiger partial charge is 0.266 e. The van der Waals surface area contributed by atoms with Crippen LogP contribution in [0.5, 0.6) is 0 Å². The van der Waals surface area contributed by atoms with Gasteiger partial charge in [0.15, 0.2) is 0 Å². The van der Waals surface area contributed by atoms with Crippen LogP contribution in [0.3, 0.4) is 0 Å². The van der Waals surface area contributed by atoms with Gasteiger partial charge < -0.3 is 10.2 Å². The van der Waals surface area contributed by atoms with Crippen molar-refractivity contribution in [3.05, 3.63) is 45.2 Å². The topological polar surface area (TPSA) is 67.9 Å². The number of fused-ring (bicyclic) bond motifs is 2. The first kappa shape index (κ1) is 17.6. The number of carbonyl (C=O) groups excluding carboxylic acids is 1. The lowest BCUT2D eigenvalue weighted by atomic mass is 10.3. The summed E-state index contributed by atoms with van der Waals surface area (Å²) in [6.07, 6.45) is 1.71. The van der Waals surface area contributed by atoms with Gasteiger partial charge in [0.05, 0.1) is 36.4 Å². The Morgan fingerprint density at radius 3 is 2.84 bits per heavy atom. The molecule has 3 heterocycles. The van der Waals surface area contributed by atoms with Crippen molar-refractivity contribution < 1.29 is 9.69 Å². The van der Waals surface area contributed by atoms with Crippen LogP contribution in [0.4, 0.5) is 0 Å². The third-order valence-electron chi connectivity index (χ3n) is 4.52. The third kappa shape index (κ3) is 3.43. The van der Waals surface area contributed by atoms with E-state index in [4.69, 9.17) is 0 Å². The van der Waals surface area contributed by atoms with Gasteiger partial charge in [-0.2, -0.15) is 0 Å². The molecule has 3 aromatic heterocycles. The van der Waals surface area contributed by atoms with E-state index in [0.29, 0.717) is 27.3 Å². The lowest BCUT2D eigenvalue weighted by Crippen LogP contribution is -3.12. The molecule has 0 aliphatic carbocycles. The molecule has 0 bridgehead atoms. The van der Waals surface area contributed by atoms with E-state index in [-0.39, 0.29) is 11.5 Å². The van der Waals surface area contributed by atoms with Crippen molar-refractivity contribution in [1.29, 1.82) is 0 Å². The van der Waals surface area contributed by atoms with Gasteiger partial charge >= 0.3 is 0 Å². The summed E-state index contributed by atoms with van der Waals surface area (Å²) in [6.45, 7) is 9.80. The Labute approximate surface area is 150 Å². The average molecular weight is 359 g/mol. The number of carbonyl (C=O) groups is 1. The fourth-order valence-corrected chi connectivity index (χ4v) is 3.85. The first-order valence-electron chi connectivity index (χ1n) is 8.58. The second-order valence-electron chi connectivity index (χ2n) is 6.09. The maximum Gasteiger partial charge on any atom is 0.266 e. The van der Waals surface area contributed by atoms with Crippen LogP contribution in [-0.4, -0.2) is 41.5 Å². The molecule has 0 fully saturated rings. The molecule has 0 aliphatic rings. The van der Waals surface area contributed by atoms with Gasteiger partial charge in [0.2, 0.25) is 0 Å². The number of amides is 1. The van der Waals surface area contributed by atoms with Crippen molar-refractivity contribution in [2.75, 3.05) is 26.2 Å². The van der Waals surface area contributed by atoms with Crippen LogP contribution in [-0.2, 0) is 0 Å². The highest BCUT2D eigenvalue weighted by atomic mass is 32.1. The second kappa shape index (κ2) is 7.33. The standard InChI is InChI=1S/C18H22N4O2S/c1-4-21(5-2)10-8-19-16(23)14-11-13-17(25-14)20-15-12(3)7-6-9-22(15)18(13)24/h6-7,9,11H,4-5,8,10H2,1-3H3,(H,19,23)/p+1. The summed E-state index contributed by atoms with van der Waals surface area (Å²) in [4.78, 5) is 32.2. The molecule has 2 N–H and O–H groups in total. The summed E-state index contributed by atoms with van der Waals surface area (Å²) in [5, 5.41) is 3.44. The lowest BCUT2D eigenvalue weighted by molar-refractivity contribution is -0.895. The molecule has 132 valence electrons. The van der Waals surface area contributed by atoms with Gasteiger partial charge in [-0.1, -0.05) is 6.07 Å². The maximum atomic E-state index is 12.7. The van der Waals surface area contributed by atoms with Gasteiger partial charge in [-0.3, -0.25) is 14.0 Å². The lowest BCUT2D eigenvalue weighted by Gasteiger charge is -2.15. The molecule has 0 saturated carbocycles. The number of quaternary nitrogens is 1. The van der Waals surface area contributed by atoms with Crippen LogP contribution in [0, 0.1) is 6.92 Å². The minimum absolute atomic E-state index is 0.133. The van der Waals surface area contributed by atoms with E-state index in [0.717, 1.165) is 25.2 Å². The van der Waals surface area contributed by atoms with Gasteiger partial charge in [0, 0.05) is 6.20 Å². The summed E-state index contributed by atoms with van der Waals surface area (Å²) in [5.41, 5.74) is 1.44. The highest BCUT2D eigenvalue weighted by Crippen LogP contribution is 2.22. The quantitative estimate of drug-likeness (QED) is 0.686. The van der Waals surface area contributed by atoms with E-state index in [9.17, 15) is 9.59 Å². The van der Waals surface area contributed by atoms with Gasteiger partial charge in [0.25, 0.3) is 11.5 Å². The molecular weight excluding hydrogens is 336 g/mol. The predicted molar refractivity (Wildman–Crippen MR) is 101 cm³/mol. The second-order valence-corrected chi connectivity index (χ2v) is 7.12. The van der Waals surface area contributed by atoms with Crippen LogP contribution in [0.25, 0.3) is 15.9 Å². The highest BCUT2D eigenvalue weighted by Gasteiger charge is 2.15. The molecule has 3 rings (SSSR count). The predicted octanol–water partition coefficient (Wildman–Crippen LogP) is 0.872. The van der Waals surface area contributed by atoms with Crippen molar-refractivity contribution in [1.82, 2.24) is 14.7 Å². The number of thiophene rings is 1. The molecule has 7 heteroatoms. The van der Waals surface area contributed by atoms with Gasteiger partial charge in [-0.25, -0.2) is 4.98 Å². The molecule has 0 spiro atoms. The van der Waals surface area contributed by atoms with E-state index < -0.39 is 0 Å². The van der Waals surface area contributed by atoms with Crippen molar-refractivity contribution >= 4 is 33.1 Å². The fraction of sp³-hybridized carbons (Fsp3) is 0.389. The maximum absolute atomic E-state index is 12.7. The number of aryl methyl sites for hydroxylation is 1. The Morgan fingerprint density at radius 1 is 1.36 bits per heavy atom. The Morgan fingerprint density at radius 2 is 2.12 bits per heavy atom. The number of aromatic nitrogens is 2. The van der Waals surface area contributed by atoms with Crippen molar-refractivity contribution in [3.63, 3.8) is 0 Å². The number of hydrogen-bond acceptors (Lipinski definition) is 4. The van der Waals surface area contributed by atoms with Crippen molar-refractivity contribution in [3.8, 4) is 0 Å². The van der Waals surface area contributed by atoms with Crippen molar-refractivity contribution in [2.45, 2.75) is 20.8 Å². The monoisotopic (exact) mass is 359 g/mol. The Bertz CT molecular complexity index is 972. The third-order valence-corrected chi connectivity index (χ3v) is 5.55. The average Bonchev–Trinajstić information content (AvgIpc) is 3.04. The van der Waals surface area contributed by atoms with Crippen molar-refractivity contribution in [2.24, 2.45) is 0 Å². The van der Waals surface area contributed by atoms with E-state index in [1.807, 2.05) is 19.1 Å². The van der Waals surface area contributed by atoms with Crippen LogP contribution < -0.4 is 15.8 Å². The van der Waals surface area contributed by atoms with E-state index >= 15 is 0 Å². The summed E-state index contributed by atoms with van der Waals surface area (Å²) in [7, 11) is 0. The van der Waals surface area contributed by atoms with Crippen LogP contribution in [0.1, 0.15) is 29.1 Å². The van der Waals surface area contributed by atoms with Crippen LogP contribution in [0.2, 0.25) is 0 Å². The first-order valence-corrected chi connectivity index (χ1v) is 9.40. The number of rotatable bonds is 6. The first-order chi connectivity index (χ1) is 12.0. The van der Waals surface area contributed by atoms with Gasteiger partial charge in [-0.05, 0) is 38.5 Å². The number of hydrogen-bond donors (Lipinski definition) is 2. The molecular formula is C18H23N4O2S+. The molecule has 25 heavy (non-hydrogen) atoms. The SMILES string of the molecule is CC[NH+](CC)CCNC(=O)c1cc2c(=O)n3cccc(C)c3nc2s1. The number of nitrogens with zero attached hydrogens (tertiary/aromatic N) is 2. The molecule has 0 aromatic carbocycles. The number of pyridine rings is 1. The van der Waals surface area contributed by atoms with E-state index in [2.05, 4.69) is 24.1 Å². The molecule has 0 unspecified atom stereocenters. The van der Waals surface area contributed by atoms with Gasteiger partial charge in [-0.15, -0.1) is 11.3 Å². The molecule has 0 radical (unpaired) electrons. The van der Waals surface area contributed by atoms with E-state index in [1.165, 1.54) is 20.6 Å². The van der Waals surface area contributed by atoms with Crippen LogP contribution in [0.15, 0.2) is 29.2 Å². The molecule has 3 aromatic rings. The minimum Gasteiger partial charge on any atom is -0.346 e. The van der Waals surface area contributed by atoms with Gasteiger partial charge in [0.1, 0.15) is 10.5 Å². The zero-order valence-corrected chi connectivity index (χ0v) is 15.6. The number of nitrogens with one attached hydrogen (secondary N) is 2. The van der Waals surface area contributed by atoms with E-state index in [1.54, 1.807) is 12.3 Å². The molecule has 6 nitrogen and oxygen atoms in total. The Kier molecular flexibility index (Phi) is 5.15. The highest BCUT2D eigenvalue weighted by molar-refractivity contribution is 7.20. The largest absolute Gasteiger partial charge is 0.346 e. The molecule has 1 amide bonds. The zero-order chi connectivity index (χ0) is 18.0. The zero-order valence-electron chi connectivity index (χ0n) is 14.8. The number of likely N-dealkylation sites (N-methyl/N-ethyl adjacent to an activating group) is 1. The molecule has 0 atom stereocenters. The Balaban J connectivity index is 1.87. The summed E-state index contributed by atoms with van der Waals surface area (Å²) < 4.78 is 1.54. The fourth-order valence-electron chi connectivity index (χ4n) is 2.91. The minimum atomic E-state index is -0.139. The Hall–Kier alpha value is -2.25. The molecule has 0 aliphatic heterocycles. The summed E-state index contributed by atoms with van der Waals surface area (Å²) in [5.74, 6) is -0.139. The normalized spacial score (nSPS) is 11.5. The molecule has 0 saturated heterocycles. The van der Waals surface area contributed by atoms with Crippen LogP contribution >= 0.6 is 11.3 Å².